The lowest BCUT2D eigenvalue weighted by Crippen LogP contribution is -2.47. The summed E-state index contributed by atoms with van der Waals surface area (Å²) >= 11 is 0. The number of hydrogen-bond acceptors (Lipinski definition) is 2. The van der Waals surface area contributed by atoms with Crippen LogP contribution in [0.1, 0.15) is 91.4 Å². The van der Waals surface area contributed by atoms with E-state index in [2.05, 4.69) is 30.8 Å². The fourth-order valence-corrected chi connectivity index (χ4v) is 5.84. The smallest absolute Gasteiger partial charge is 0.0190 e. The van der Waals surface area contributed by atoms with Gasteiger partial charge in [0.2, 0.25) is 0 Å². The van der Waals surface area contributed by atoms with Crippen molar-refractivity contribution in [2.24, 2.45) is 16.7 Å². The maximum atomic E-state index is 2.75. The molecule has 2 heteroatoms. The van der Waals surface area contributed by atoms with E-state index in [0.29, 0.717) is 10.8 Å². The van der Waals surface area contributed by atoms with Gasteiger partial charge in [-0.1, -0.05) is 33.6 Å². The third-order valence-electron chi connectivity index (χ3n) is 7.51. The highest BCUT2D eigenvalue weighted by Crippen LogP contribution is 2.53. The highest BCUT2D eigenvalue weighted by atomic mass is 15.6. The first-order valence-electron chi connectivity index (χ1n) is 10.6. The molecule has 0 aromatic rings. The van der Waals surface area contributed by atoms with Crippen molar-refractivity contribution in [1.82, 2.24) is 10.0 Å². The highest BCUT2D eigenvalue weighted by Gasteiger charge is 2.46. The van der Waals surface area contributed by atoms with Gasteiger partial charge in [0.25, 0.3) is 0 Å². The van der Waals surface area contributed by atoms with Crippen LogP contribution in [0.4, 0.5) is 0 Å². The van der Waals surface area contributed by atoms with Crippen molar-refractivity contribution in [2.45, 2.75) is 91.4 Å². The molecule has 0 N–H and O–H groups in total. The Morgan fingerprint density at radius 3 is 1.96 bits per heavy atom. The van der Waals surface area contributed by atoms with Gasteiger partial charge in [-0.2, -0.15) is 0 Å². The van der Waals surface area contributed by atoms with Crippen LogP contribution in [0.3, 0.4) is 0 Å². The Hall–Kier alpha value is -0.0800. The maximum absolute atomic E-state index is 2.75. The zero-order valence-electron chi connectivity index (χ0n) is 16.1. The summed E-state index contributed by atoms with van der Waals surface area (Å²) in [6, 6.07) is 0. The molecule has 0 amide bonds. The monoisotopic (exact) mass is 320 g/mol. The third kappa shape index (κ3) is 3.95. The molecule has 0 bridgehead atoms. The van der Waals surface area contributed by atoms with Crippen molar-refractivity contribution in [3.05, 3.63) is 0 Å². The molecule has 0 aromatic carbocycles. The quantitative estimate of drug-likeness (QED) is 0.661. The van der Waals surface area contributed by atoms with Crippen LogP contribution >= 0.6 is 0 Å². The molecule has 0 aromatic heterocycles. The van der Waals surface area contributed by atoms with Crippen LogP contribution in [-0.2, 0) is 0 Å². The van der Waals surface area contributed by atoms with E-state index in [0.717, 1.165) is 5.92 Å². The van der Waals surface area contributed by atoms with E-state index in [1.54, 1.807) is 0 Å². The zero-order chi connectivity index (χ0) is 16.3. The van der Waals surface area contributed by atoms with E-state index in [1.807, 2.05) is 0 Å². The van der Waals surface area contributed by atoms with Gasteiger partial charge >= 0.3 is 0 Å². The van der Waals surface area contributed by atoms with E-state index in [4.69, 9.17) is 0 Å². The van der Waals surface area contributed by atoms with E-state index in [-0.39, 0.29) is 0 Å². The molecular weight excluding hydrogens is 280 g/mol. The number of hydrazine groups is 1. The summed E-state index contributed by atoms with van der Waals surface area (Å²) in [4.78, 5) is 0. The van der Waals surface area contributed by atoms with E-state index >= 15 is 0 Å². The first-order valence-corrected chi connectivity index (χ1v) is 10.6. The molecule has 134 valence electrons. The lowest BCUT2D eigenvalue weighted by atomic mass is 9.60. The van der Waals surface area contributed by atoms with Crippen LogP contribution in [0.2, 0.25) is 0 Å². The molecule has 1 saturated carbocycles. The second kappa shape index (κ2) is 7.44. The second-order valence-corrected chi connectivity index (χ2v) is 9.27. The van der Waals surface area contributed by atoms with Crippen LogP contribution in [0.25, 0.3) is 0 Å². The summed E-state index contributed by atoms with van der Waals surface area (Å²) in [7, 11) is 0. The molecule has 23 heavy (non-hydrogen) atoms. The van der Waals surface area contributed by atoms with Gasteiger partial charge in [0.05, 0.1) is 0 Å². The predicted octanol–water partition coefficient (Wildman–Crippen LogP) is 5.49. The normalized spacial score (nSPS) is 29.3. The van der Waals surface area contributed by atoms with Gasteiger partial charge in [0, 0.05) is 26.2 Å². The molecule has 3 rings (SSSR count). The molecule has 2 aliphatic heterocycles. The SMILES string of the molecule is CCCC1(CCC)CCC2(CCN(N3CCC(C)CC3)C2)CC1. The van der Waals surface area contributed by atoms with Crippen molar-refractivity contribution in [1.29, 1.82) is 0 Å². The van der Waals surface area contributed by atoms with Crippen molar-refractivity contribution < 1.29 is 0 Å². The minimum Gasteiger partial charge on any atom is -0.242 e. The molecule has 0 atom stereocenters. The van der Waals surface area contributed by atoms with E-state index in [9.17, 15) is 0 Å². The standard InChI is InChI=1S/C21H40N2/c1-4-8-20(9-5-2)10-12-21(13-11-20)14-17-23(18-21)22-15-6-19(3)7-16-22/h19H,4-18H2,1-3H3. The fraction of sp³-hybridized carbons (Fsp3) is 1.00. The average Bonchev–Trinajstić information content (AvgIpc) is 2.96. The number of rotatable bonds is 5. The van der Waals surface area contributed by atoms with Crippen LogP contribution in [0.5, 0.6) is 0 Å². The van der Waals surface area contributed by atoms with Gasteiger partial charge in [-0.15, -0.1) is 0 Å². The largest absolute Gasteiger partial charge is 0.242 e. The lowest BCUT2D eigenvalue weighted by Gasteiger charge is -2.46. The summed E-state index contributed by atoms with van der Waals surface area (Å²) in [6.07, 6.45) is 16.0. The predicted molar refractivity (Wildman–Crippen MR) is 99.3 cm³/mol. The number of piperidine rings is 1. The second-order valence-electron chi connectivity index (χ2n) is 9.27. The van der Waals surface area contributed by atoms with Crippen LogP contribution < -0.4 is 0 Å². The molecule has 1 aliphatic carbocycles. The minimum absolute atomic E-state index is 0.675. The first-order chi connectivity index (χ1) is 11.1. The van der Waals surface area contributed by atoms with Gasteiger partial charge in [-0.3, -0.25) is 0 Å². The Balaban J connectivity index is 1.54. The molecule has 2 nitrogen and oxygen atoms in total. The Morgan fingerprint density at radius 2 is 1.39 bits per heavy atom. The molecule has 0 radical (unpaired) electrons. The molecular formula is C21H40N2. The third-order valence-corrected chi connectivity index (χ3v) is 7.51. The van der Waals surface area contributed by atoms with Gasteiger partial charge in [0.1, 0.15) is 0 Å². The zero-order valence-corrected chi connectivity index (χ0v) is 16.1. The van der Waals surface area contributed by atoms with Crippen molar-refractivity contribution in [3.8, 4) is 0 Å². The Kier molecular flexibility index (Phi) is 5.73. The van der Waals surface area contributed by atoms with Gasteiger partial charge in [-0.05, 0) is 74.5 Å². The first kappa shape index (κ1) is 17.7. The number of hydrogen-bond donors (Lipinski definition) is 0. The summed E-state index contributed by atoms with van der Waals surface area (Å²) in [5.74, 6) is 0.946. The average molecular weight is 321 g/mol. The van der Waals surface area contributed by atoms with E-state index < -0.39 is 0 Å². The van der Waals surface area contributed by atoms with E-state index in [1.165, 1.54) is 96.8 Å². The van der Waals surface area contributed by atoms with Gasteiger partial charge < -0.3 is 0 Å². The van der Waals surface area contributed by atoms with Crippen molar-refractivity contribution in [3.63, 3.8) is 0 Å². The van der Waals surface area contributed by atoms with Gasteiger partial charge in [-0.25, -0.2) is 10.0 Å². The van der Waals surface area contributed by atoms with Crippen molar-refractivity contribution >= 4 is 0 Å². The molecule has 1 spiro atoms. The van der Waals surface area contributed by atoms with Gasteiger partial charge in [0.15, 0.2) is 0 Å². The summed E-state index contributed by atoms with van der Waals surface area (Å²) in [6.45, 7) is 12.5. The minimum atomic E-state index is 0.675. The number of nitrogens with zero attached hydrogens (tertiary/aromatic N) is 2. The highest BCUT2D eigenvalue weighted by molar-refractivity contribution is 4.97. The van der Waals surface area contributed by atoms with Crippen molar-refractivity contribution in [2.75, 3.05) is 26.2 Å². The maximum Gasteiger partial charge on any atom is 0.0190 e. The van der Waals surface area contributed by atoms with Crippen LogP contribution in [0, 0.1) is 16.7 Å². The Labute approximate surface area is 145 Å². The summed E-state index contributed by atoms with van der Waals surface area (Å²) in [5, 5.41) is 5.45. The fourth-order valence-electron chi connectivity index (χ4n) is 5.84. The molecule has 0 unspecified atom stereocenters. The molecule has 2 heterocycles. The molecule has 3 aliphatic rings. The topological polar surface area (TPSA) is 6.48 Å². The van der Waals surface area contributed by atoms with Crippen LogP contribution in [-0.4, -0.2) is 36.2 Å². The molecule has 3 fully saturated rings. The summed E-state index contributed by atoms with van der Waals surface area (Å²) < 4.78 is 0. The Bertz CT molecular complexity index is 354. The van der Waals surface area contributed by atoms with Crippen LogP contribution in [0.15, 0.2) is 0 Å². The molecule has 2 saturated heterocycles. The summed E-state index contributed by atoms with van der Waals surface area (Å²) in [5.41, 5.74) is 1.39. The Morgan fingerprint density at radius 1 is 0.783 bits per heavy atom. The lowest BCUT2D eigenvalue weighted by molar-refractivity contribution is -0.0445.